The molecule has 0 bridgehead atoms. The highest BCUT2D eigenvalue weighted by Gasteiger charge is 2.12. The van der Waals surface area contributed by atoms with E-state index in [0.717, 1.165) is 10.0 Å². The first kappa shape index (κ1) is 12.8. The van der Waals surface area contributed by atoms with Crippen molar-refractivity contribution in [2.75, 3.05) is 7.05 Å². The molecule has 0 spiro atoms. The smallest absolute Gasteiger partial charge is 0.253 e. The van der Waals surface area contributed by atoms with Gasteiger partial charge in [-0.1, -0.05) is 15.9 Å². The molecule has 0 N–H and O–H groups in total. The summed E-state index contributed by atoms with van der Waals surface area (Å²) in [5, 5.41) is 4.09. The van der Waals surface area contributed by atoms with Gasteiger partial charge in [0, 0.05) is 42.4 Å². The van der Waals surface area contributed by atoms with Crippen LogP contribution in [0.5, 0.6) is 0 Å². The standard InChI is InChI=1S/C13H14BrN3O/c1-16(8-10-7-15-17(2)9-10)13(18)11-3-5-12(14)6-4-11/h3-7,9H,8H2,1-2H3. The minimum atomic E-state index is 0.00588. The van der Waals surface area contributed by atoms with E-state index in [1.165, 1.54) is 0 Å². The fourth-order valence-electron chi connectivity index (χ4n) is 1.71. The van der Waals surface area contributed by atoms with E-state index in [0.29, 0.717) is 12.1 Å². The molecule has 0 saturated heterocycles. The molecule has 0 radical (unpaired) electrons. The van der Waals surface area contributed by atoms with Crippen LogP contribution in [0, 0.1) is 0 Å². The molecule has 2 rings (SSSR count). The van der Waals surface area contributed by atoms with Gasteiger partial charge in [-0.2, -0.15) is 5.10 Å². The van der Waals surface area contributed by atoms with Gasteiger partial charge in [0.1, 0.15) is 0 Å². The highest BCUT2D eigenvalue weighted by molar-refractivity contribution is 9.10. The van der Waals surface area contributed by atoms with Gasteiger partial charge in [0.15, 0.2) is 0 Å². The molecule has 0 fully saturated rings. The van der Waals surface area contributed by atoms with E-state index in [1.54, 1.807) is 22.8 Å². The van der Waals surface area contributed by atoms with Gasteiger partial charge in [0.2, 0.25) is 0 Å². The largest absolute Gasteiger partial charge is 0.337 e. The van der Waals surface area contributed by atoms with E-state index < -0.39 is 0 Å². The zero-order chi connectivity index (χ0) is 13.1. The second kappa shape index (κ2) is 5.35. The second-order valence-corrected chi connectivity index (χ2v) is 5.11. The number of aryl methyl sites for hydroxylation is 1. The van der Waals surface area contributed by atoms with Gasteiger partial charge in [-0.15, -0.1) is 0 Å². The molecule has 4 nitrogen and oxygen atoms in total. The molecule has 1 heterocycles. The van der Waals surface area contributed by atoms with Gasteiger partial charge in [-0.3, -0.25) is 9.48 Å². The van der Waals surface area contributed by atoms with Crippen molar-refractivity contribution in [1.29, 1.82) is 0 Å². The highest BCUT2D eigenvalue weighted by Crippen LogP contribution is 2.13. The first-order valence-electron chi connectivity index (χ1n) is 5.55. The van der Waals surface area contributed by atoms with Crippen LogP contribution < -0.4 is 0 Å². The molecule has 94 valence electrons. The lowest BCUT2D eigenvalue weighted by Gasteiger charge is -2.16. The number of aromatic nitrogens is 2. The Bertz CT molecular complexity index is 548. The number of benzene rings is 1. The van der Waals surface area contributed by atoms with E-state index in [2.05, 4.69) is 21.0 Å². The molecule has 0 atom stereocenters. The van der Waals surface area contributed by atoms with Crippen molar-refractivity contribution in [3.05, 3.63) is 52.3 Å². The van der Waals surface area contributed by atoms with Crippen molar-refractivity contribution < 1.29 is 4.79 Å². The normalized spacial score (nSPS) is 10.4. The third-order valence-corrected chi connectivity index (χ3v) is 3.14. The Labute approximate surface area is 114 Å². The number of halogens is 1. The molecule has 5 heteroatoms. The van der Waals surface area contributed by atoms with Crippen molar-refractivity contribution in [2.45, 2.75) is 6.54 Å². The Hall–Kier alpha value is -1.62. The van der Waals surface area contributed by atoms with Crippen molar-refractivity contribution in [3.8, 4) is 0 Å². The fraction of sp³-hybridized carbons (Fsp3) is 0.231. The summed E-state index contributed by atoms with van der Waals surface area (Å²) >= 11 is 3.35. The van der Waals surface area contributed by atoms with Crippen molar-refractivity contribution in [3.63, 3.8) is 0 Å². The van der Waals surface area contributed by atoms with E-state index in [-0.39, 0.29) is 5.91 Å². The van der Waals surface area contributed by atoms with Crippen molar-refractivity contribution >= 4 is 21.8 Å². The van der Waals surface area contributed by atoms with Crippen LogP contribution in [0.2, 0.25) is 0 Å². The van der Waals surface area contributed by atoms with Gasteiger partial charge < -0.3 is 4.90 Å². The SMILES string of the molecule is CN(Cc1cnn(C)c1)C(=O)c1ccc(Br)cc1. The molecule has 2 aromatic rings. The van der Waals surface area contributed by atoms with Crippen LogP contribution in [0.15, 0.2) is 41.1 Å². The predicted octanol–water partition coefficient (Wildman–Crippen LogP) is 2.45. The molecule has 1 amide bonds. The summed E-state index contributed by atoms with van der Waals surface area (Å²) in [4.78, 5) is 13.8. The first-order chi connectivity index (χ1) is 8.56. The molecule has 1 aromatic heterocycles. The van der Waals surface area contributed by atoms with E-state index in [4.69, 9.17) is 0 Å². The number of nitrogens with zero attached hydrogens (tertiary/aromatic N) is 3. The Morgan fingerprint density at radius 3 is 2.61 bits per heavy atom. The van der Waals surface area contributed by atoms with Crippen LogP contribution >= 0.6 is 15.9 Å². The monoisotopic (exact) mass is 307 g/mol. The number of carbonyl (C=O) groups is 1. The van der Waals surface area contributed by atoms with E-state index in [9.17, 15) is 4.79 Å². The maximum atomic E-state index is 12.2. The lowest BCUT2D eigenvalue weighted by Crippen LogP contribution is -2.25. The summed E-state index contributed by atoms with van der Waals surface area (Å²) < 4.78 is 2.70. The van der Waals surface area contributed by atoms with Crippen LogP contribution in [-0.2, 0) is 13.6 Å². The van der Waals surface area contributed by atoms with Crippen molar-refractivity contribution in [1.82, 2.24) is 14.7 Å². The number of hydrogen-bond donors (Lipinski definition) is 0. The summed E-state index contributed by atoms with van der Waals surface area (Å²) in [5.41, 5.74) is 1.70. The molecular weight excluding hydrogens is 294 g/mol. The summed E-state index contributed by atoms with van der Waals surface area (Å²) in [6.45, 7) is 0.558. The highest BCUT2D eigenvalue weighted by atomic mass is 79.9. The summed E-state index contributed by atoms with van der Waals surface area (Å²) in [6, 6.07) is 7.36. The number of carbonyl (C=O) groups excluding carboxylic acids is 1. The van der Waals surface area contributed by atoms with Crippen LogP contribution in [0.3, 0.4) is 0 Å². The summed E-state index contributed by atoms with van der Waals surface area (Å²) in [6.07, 6.45) is 3.68. The number of rotatable bonds is 3. The summed E-state index contributed by atoms with van der Waals surface area (Å²) in [5.74, 6) is 0.00588. The van der Waals surface area contributed by atoms with Crippen molar-refractivity contribution in [2.24, 2.45) is 7.05 Å². The minimum Gasteiger partial charge on any atom is -0.337 e. The molecule has 0 aliphatic carbocycles. The van der Waals surface area contributed by atoms with Crippen LogP contribution in [0.25, 0.3) is 0 Å². The third kappa shape index (κ3) is 2.98. The molecule has 0 aliphatic heterocycles. The fourth-order valence-corrected chi connectivity index (χ4v) is 1.98. The molecular formula is C13H14BrN3O. The maximum absolute atomic E-state index is 12.2. The number of hydrogen-bond acceptors (Lipinski definition) is 2. The summed E-state index contributed by atoms with van der Waals surface area (Å²) in [7, 11) is 3.65. The van der Waals surface area contributed by atoms with Crippen LogP contribution in [0.1, 0.15) is 15.9 Å². The topological polar surface area (TPSA) is 38.1 Å². The number of amides is 1. The minimum absolute atomic E-state index is 0.00588. The zero-order valence-electron chi connectivity index (χ0n) is 10.3. The Morgan fingerprint density at radius 2 is 2.06 bits per heavy atom. The van der Waals surface area contributed by atoms with Gasteiger partial charge in [0.05, 0.1) is 6.20 Å². The Kier molecular flexibility index (Phi) is 3.81. The third-order valence-electron chi connectivity index (χ3n) is 2.62. The van der Waals surface area contributed by atoms with E-state index >= 15 is 0 Å². The first-order valence-corrected chi connectivity index (χ1v) is 6.34. The lowest BCUT2D eigenvalue weighted by molar-refractivity contribution is 0.0785. The molecule has 1 aromatic carbocycles. The van der Waals surface area contributed by atoms with Crippen LogP contribution in [0.4, 0.5) is 0 Å². The quantitative estimate of drug-likeness (QED) is 0.873. The lowest BCUT2D eigenvalue weighted by atomic mass is 10.2. The molecule has 0 aliphatic rings. The molecule has 18 heavy (non-hydrogen) atoms. The van der Waals surface area contributed by atoms with E-state index in [1.807, 2.05) is 37.5 Å². The second-order valence-electron chi connectivity index (χ2n) is 4.19. The molecule has 0 unspecified atom stereocenters. The van der Waals surface area contributed by atoms with Gasteiger partial charge in [-0.25, -0.2) is 0 Å². The van der Waals surface area contributed by atoms with Gasteiger partial charge >= 0.3 is 0 Å². The Morgan fingerprint density at radius 1 is 1.39 bits per heavy atom. The average Bonchev–Trinajstić information content (AvgIpc) is 2.75. The molecule has 0 saturated carbocycles. The van der Waals surface area contributed by atoms with Crippen LogP contribution in [-0.4, -0.2) is 27.6 Å². The van der Waals surface area contributed by atoms with Gasteiger partial charge in [-0.05, 0) is 24.3 Å². The predicted molar refractivity (Wildman–Crippen MR) is 73.1 cm³/mol. The zero-order valence-corrected chi connectivity index (χ0v) is 11.9. The van der Waals surface area contributed by atoms with Gasteiger partial charge in [0.25, 0.3) is 5.91 Å². The average molecular weight is 308 g/mol. The Balaban J connectivity index is 2.07. The maximum Gasteiger partial charge on any atom is 0.253 e.